The van der Waals surface area contributed by atoms with E-state index in [1.165, 1.54) is 0 Å². The van der Waals surface area contributed by atoms with E-state index >= 15 is 0 Å². The summed E-state index contributed by atoms with van der Waals surface area (Å²) in [4.78, 5) is 0. The summed E-state index contributed by atoms with van der Waals surface area (Å²) in [6.45, 7) is 0. The Morgan fingerprint density at radius 1 is 0.115 bits per heavy atom. The van der Waals surface area contributed by atoms with Crippen LogP contribution in [0.15, 0.2) is 0 Å². The predicted molar refractivity (Wildman–Crippen MR) is 2.75 cm³/mol. The molecule has 0 aromatic carbocycles. The van der Waals surface area contributed by atoms with E-state index in [0.717, 1.165) is 0 Å². The van der Waals surface area contributed by atoms with Crippen molar-refractivity contribution in [2.24, 2.45) is 0 Å². The summed E-state index contributed by atoms with van der Waals surface area (Å²) < 4.78 is 0. The van der Waals surface area contributed by atoms with Crippen molar-refractivity contribution in [3.05, 3.63) is 0 Å². The van der Waals surface area contributed by atoms with Crippen LogP contribution in [0.1, 0.15) is 0 Å². The Kier molecular flexibility index (Phi) is 4050. The molecule has 0 unspecified atom stereocenters. The van der Waals surface area contributed by atoms with Gasteiger partial charge in [0.25, 0.3) is 0 Å². The normalized spacial score (nSPS) is 0. The molecule has 26 heteroatoms. The summed E-state index contributed by atoms with van der Waals surface area (Å²) >= 11 is 0. The zero-order valence-corrected chi connectivity index (χ0v) is 50.8. The Hall–Kier alpha value is 12.8. The summed E-state index contributed by atoms with van der Waals surface area (Å²) in [7, 11) is 0. The van der Waals surface area contributed by atoms with Gasteiger partial charge >= 0.3 is 157 Å². The summed E-state index contributed by atoms with van der Waals surface area (Å²) in [5.74, 6) is 0. The van der Waals surface area contributed by atoms with Crippen LogP contribution in [0.4, 0.5) is 0 Å². The molecule has 0 aromatic heterocycles. The molecule has 0 rings (SSSR count). The molecule has 0 saturated carbocycles. The van der Waals surface area contributed by atoms with Crippen LogP contribution in [0, 0.1) is 0 Å². The van der Waals surface area contributed by atoms with E-state index < -0.39 is 0 Å². The predicted octanol–water partition coefficient (Wildman–Crippen LogP) is -48.4. The van der Waals surface area contributed by atoms with Crippen molar-refractivity contribution in [2.75, 3.05) is 0 Å². The second kappa shape index (κ2) is 312. The van der Waals surface area contributed by atoms with Crippen LogP contribution in [0.5, 0.6) is 0 Å². The first-order chi connectivity index (χ1) is 0. The van der Waals surface area contributed by atoms with Crippen LogP contribution in [-0.2, 0) is 179 Å². The van der Waals surface area contributed by atoms with E-state index in [1.54, 1.807) is 0 Å². The third kappa shape index (κ3) is 287. The molecule has 0 aliphatic rings. The minimum absolute atomic E-state index is 0. The van der Waals surface area contributed by atoms with Gasteiger partial charge in [0.05, 0.1) is 0 Å². The molecule has 0 fully saturated rings. The molecule has 0 aliphatic carbocycles. The first-order valence-electron chi connectivity index (χ1n) is 0. The van der Waals surface area contributed by atoms with Crippen molar-refractivity contribution in [3.63, 3.8) is 0 Å². The molecule has 26 heavy (non-hydrogen) atoms. The molecular weight excluding hydrogens is 1890 g/mol. The quantitative estimate of drug-likeness (QED) is 0.230. The second-order valence-corrected chi connectivity index (χ2v) is 0. The molecule has 0 aliphatic heterocycles. The maximum absolute atomic E-state index is 0. The standard InChI is InChI=1S/16BrH.4O.6Zr/h16*1H;;;;;;;;;;/q;;;;;;;;;;;;;;;;4*-2;6*+4/p-16. The minimum Gasteiger partial charge on any atom is -2.00 e. The Balaban J connectivity index is 0. The molecular formula is Br16O4Zr6. The van der Waals surface area contributed by atoms with Gasteiger partial charge in [0, 0.05) is 0 Å². The molecule has 0 atom stereocenters. The largest absolute Gasteiger partial charge is 4.00 e. The fraction of sp³-hybridized carbons (Fsp3) is 0. The number of halogens is 16. The fourth-order valence-electron chi connectivity index (χ4n) is 0. The fourth-order valence-corrected chi connectivity index (χ4v) is 0. The third-order valence-electron chi connectivity index (χ3n) is 0. The van der Waals surface area contributed by atoms with Crippen molar-refractivity contribution >= 4 is 0 Å². The van der Waals surface area contributed by atoms with Gasteiger partial charge in [0.15, 0.2) is 0 Å². The van der Waals surface area contributed by atoms with Gasteiger partial charge in [0.2, 0.25) is 0 Å². The van der Waals surface area contributed by atoms with Crippen molar-refractivity contribution in [3.8, 4) is 0 Å². The van der Waals surface area contributed by atoms with Gasteiger partial charge < -0.3 is 294 Å². The monoisotopic (exact) mass is 1870 g/mol. The van der Waals surface area contributed by atoms with E-state index in [2.05, 4.69) is 0 Å². The van der Waals surface area contributed by atoms with E-state index in [1.807, 2.05) is 0 Å². The maximum atomic E-state index is 0. The number of rotatable bonds is 0. The van der Waals surface area contributed by atoms with Gasteiger partial charge in [-0.1, -0.05) is 0 Å². The topological polar surface area (TPSA) is 114 Å². The third-order valence-corrected chi connectivity index (χ3v) is 0. The van der Waals surface area contributed by atoms with Crippen LogP contribution in [0.25, 0.3) is 0 Å². The van der Waals surface area contributed by atoms with Crippen LogP contribution < -0.4 is 272 Å². The Morgan fingerprint density at radius 3 is 0.115 bits per heavy atom. The van der Waals surface area contributed by atoms with E-state index in [9.17, 15) is 0 Å². The van der Waals surface area contributed by atoms with Crippen molar-refractivity contribution in [1.29, 1.82) is 0 Å². The van der Waals surface area contributed by atoms with Crippen molar-refractivity contribution < 1.29 is 451 Å². The molecule has 0 amide bonds. The Bertz CT molecular complexity index is 34.7. The Morgan fingerprint density at radius 2 is 0.115 bits per heavy atom. The van der Waals surface area contributed by atoms with Gasteiger partial charge in [-0.2, -0.15) is 0 Å². The number of hydrogen-bond acceptors (Lipinski definition) is 0. The molecule has 0 heterocycles. The molecule has 0 radical (unpaired) electrons. The Labute approximate surface area is 439 Å². The first-order valence-corrected chi connectivity index (χ1v) is 0. The van der Waals surface area contributed by atoms with Crippen molar-refractivity contribution in [1.82, 2.24) is 0 Å². The first kappa shape index (κ1) is 338. The molecule has 160 valence electrons. The molecule has 0 N–H and O–H groups in total. The van der Waals surface area contributed by atoms with Crippen LogP contribution in [0.3, 0.4) is 0 Å². The maximum Gasteiger partial charge on any atom is 4.00 e. The van der Waals surface area contributed by atoms with Gasteiger partial charge in [-0.25, -0.2) is 0 Å². The van der Waals surface area contributed by atoms with E-state index in [4.69, 9.17) is 0 Å². The van der Waals surface area contributed by atoms with Gasteiger partial charge in [-0.15, -0.1) is 0 Å². The average Bonchev–Trinajstić information content (AvgIpc) is 0. The second-order valence-electron chi connectivity index (χ2n) is 0. The van der Waals surface area contributed by atoms with Crippen LogP contribution in [0.2, 0.25) is 0 Å². The summed E-state index contributed by atoms with van der Waals surface area (Å²) in [5, 5.41) is 0. The van der Waals surface area contributed by atoms with Crippen molar-refractivity contribution in [2.45, 2.75) is 0 Å². The van der Waals surface area contributed by atoms with Crippen LogP contribution >= 0.6 is 0 Å². The zero-order valence-electron chi connectivity index (χ0n) is 10.7. The molecule has 4 nitrogen and oxygen atoms in total. The van der Waals surface area contributed by atoms with Gasteiger partial charge in [-0.05, 0) is 0 Å². The molecule has 0 aromatic rings. The molecule has 0 bridgehead atoms. The zero-order chi connectivity index (χ0) is 0. The summed E-state index contributed by atoms with van der Waals surface area (Å²) in [6, 6.07) is 0. The summed E-state index contributed by atoms with van der Waals surface area (Å²) in [5.41, 5.74) is 0. The summed E-state index contributed by atoms with van der Waals surface area (Å²) in [6.07, 6.45) is 0. The minimum atomic E-state index is 0. The van der Waals surface area contributed by atoms with Gasteiger partial charge in [-0.3, -0.25) is 0 Å². The van der Waals surface area contributed by atoms with E-state index in [-0.39, 0.29) is 451 Å². The van der Waals surface area contributed by atoms with Crippen LogP contribution in [-0.4, -0.2) is 0 Å². The van der Waals surface area contributed by atoms with Gasteiger partial charge in [0.1, 0.15) is 0 Å². The van der Waals surface area contributed by atoms with E-state index in [0.29, 0.717) is 0 Å². The number of hydrogen-bond donors (Lipinski definition) is 0. The SMILES string of the molecule is [Br-].[Br-].[Br-].[Br-].[Br-].[Br-].[Br-].[Br-].[Br-].[Br-].[Br-].[Br-].[Br-].[Br-].[Br-].[Br-].[O-2].[O-2].[O-2].[O-2].[Zr+4].[Zr+4].[Zr+4].[Zr+4].[Zr+4].[Zr+4]. The average molecular weight is 1890 g/mol. The smallest absolute Gasteiger partial charge is 2.00 e. The molecule has 0 saturated heterocycles. The molecule has 0 spiro atoms.